The van der Waals surface area contributed by atoms with Crippen molar-refractivity contribution in [1.82, 2.24) is 4.98 Å². The molecule has 1 radical (unpaired) electrons. The molecule has 14 heavy (non-hydrogen) atoms. The number of hydrogen-bond acceptors (Lipinski definition) is 2. The molecule has 1 N–H and O–H groups in total. The molecule has 1 heterocycles. The second-order valence-electron chi connectivity index (χ2n) is 2.89. The van der Waals surface area contributed by atoms with Gasteiger partial charge in [0.15, 0.2) is 5.75 Å². The molecule has 0 bridgehead atoms. The first-order valence-electron chi connectivity index (χ1n) is 3.89. The van der Waals surface area contributed by atoms with Gasteiger partial charge in [-0.15, -0.1) is 0 Å². The highest BCUT2D eigenvalue weighted by molar-refractivity contribution is 6.39. The first kappa shape index (κ1) is 9.56. The molecule has 0 saturated heterocycles. The first-order valence-corrected chi connectivity index (χ1v) is 4.65. The van der Waals surface area contributed by atoms with Crippen molar-refractivity contribution in [2.24, 2.45) is 0 Å². The Morgan fingerprint density at radius 3 is 2.64 bits per heavy atom. The van der Waals surface area contributed by atoms with Crippen molar-refractivity contribution in [2.45, 2.75) is 0 Å². The van der Waals surface area contributed by atoms with Gasteiger partial charge in [0, 0.05) is 11.1 Å². The maximum atomic E-state index is 9.63. The van der Waals surface area contributed by atoms with Crippen LogP contribution in [-0.4, -0.2) is 10.1 Å². The van der Waals surface area contributed by atoms with Gasteiger partial charge in [0.2, 0.25) is 0 Å². The van der Waals surface area contributed by atoms with Gasteiger partial charge in [-0.1, -0.05) is 23.2 Å². The van der Waals surface area contributed by atoms with Crippen molar-refractivity contribution in [3.05, 3.63) is 40.9 Å². The third kappa shape index (κ3) is 1.41. The van der Waals surface area contributed by atoms with Crippen LogP contribution in [0, 0.1) is 6.92 Å². The van der Waals surface area contributed by atoms with E-state index in [1.807, 2.05) is 0 Å². The number of benzene rings is 1. The minimum atomic E-state index is -0.0587. The quantitative estimate of drug-likeness (QED) is 0.747. The molecule has 71 valence electrons. The zero-order chi connectivity index (χ0) is 10.3. The van der Waals surface area contributed by atoms with Gasteiger partial charge in [-0.25, -0.2) is 4.98 Å². The standard InChI is InChI=1S/C10H6Cl2NO/c1-5-2-3-6-7(11)4-8(12)10(14)9(6)13-5/h2-4,14H,1H2. The number of hydrogen-bond donors (Lipinski definition) is 1. The first-order chi connectivity index (χ1) is 6.59. The van der Waals surface area contributed by atoms with Crippen LogP contribution in [0.15, 0.2) is 18.2 Å². The molecule has 0 amide bonds. The number of phenols is 1. The smallest absolute Gasteiger partial charge is 0.160 e. The Balaban J connectivity index is 2.95. The van der Waals surface area contributed by atoms with Crippen LogP contribution in [0.1, 0.15) is 5.69 Å². The number of rotatable bonds is 0. The van der Waals surface area contributed by atoms with Crippen LogP contribution in [0.25, 0.3) is 10.9 Å². The molecule has 1 aromatic carbocycles. The van der Waals surface area contributed by atoms with E-state index in [9.17, 15) is 5.11 Å². The average Bonchev–Trinajstić information content (AvgIpc) is 2.14. The van der Waals surface area contributed by atoms with Gasteiger partial charge >= 0.3 is 0 Å². The Hall–Kier alpha value is -0.990. The molecule has 0 unspecified atom stereocenters. The molecule has 0 atom stereocenters. The number of fused-ring (bicyclic) bond motifs is 1. The second-order valence-corrected chi connectivity index (χ2v) is 3.70. The number of halogens is 2. The third-order valence-corrected chi connectivity index (χ3v) is 2.52. The number of pyridine rings is 1. The van der Waals surface area contributed by atoms with Gasteiger partial charge in [0.05, 0.1) is 10.0 Å². The van der Waals surface area contributed by atoms with Crippen molar-refractivity contribution in [2.75, 3.05) is 0 Å². The van der Waals surface area contributed by atoms with Gasteiger partial charge in [0.1, 0.15) is 5.52 Å². The highest BCUT2D eigenvalue weighted by Crippen LogP contribution is 2.35. The summed E-state index contributed by atoms with van der Waals surface area (Å²) in [5, 5.41) is 11.0. The molecule has 0 aliphatic carbocycles. The highest BCUT2D eigenvalue weighted by Gasteiger charge is 2.09. The van der Waals surface area contributed by atoms with Crippen LogP contribution in [0.2, 0.25) is 10.0 Å². The Morgan fingerprint density at radius 1 is 1.21 bits per heavy atom. The number of nitrogens with zero attached hydrogens (tertiary/aromatic N) is 1. The fraction of sp³-hybridized carbons (Fsp3) is 0. The lowest BCUT2D eigenvalue weighted by Gasteiger charge is -2.05. The monoisotopic (exact) mass is 226 g/mol. The van der Waals surface area contributed by atoms with Crippen LogP contribution >= 0.6 is 23.2 Å². The van der Waals surface area contributed by atoms with Gasteiger partial charge in [0.25, 0.3) is 0 Å². The molecule has 0 fully saturated rings. The SMILES string of the molecule is [CH2]c1ccc2c(Cl)cc(Cl)c(O)c2n1. The minimum absolute atomic E-state index is 0.0587. The van der Waals surface area contributed by atoms with E-state index >= 15 is 0 Å². The lowest BCUT2D eigenvalue weighted by atomic mass is 10.2. The topological polar surface area (TPSA) is 33.1 Å². The lowest BCUT2D eigenvalue weighted by Crippen LogP contribution is -1.85. The van der Waals surface area contributed by atoms with E-state index in [0.717, 1.165) is 0 Å². The second kappa shape index (κ2) is 3.30. The van der Waals surface area contributed by atoms with Crippen molar-refractivity contribution in [1.29, 1.82) is 0 Å². The summed E-state index contributed by atoms with van der Waals surface area (Å²) < 4.78 is 0. The van der Waals surface area contributed by atoms with Crippen molar-refractivity contribution < 1.29 is 5.11 Å². The van der Waals surface area contributed by atoms with Crippen molar-refractivity contribution in [3.63, 3.8) is 0 Å². The van der Waals surface area contributed by atoms with E-state index in [4.69, 9.17) is 23.2 Å². The van der Waals surface area contributed by atoms with E-state index in [0.29, 0.717) is 21.6 Å². The Bertz CT molecular complexity index is 511. The van der Waals surface area contributed by atoms with Crippen LogP contribution in [0.5, 0.6) is 5.75 Å². The molecule has 0 spiro atoms. The minimum Gasteiger partial charge on any atom is -0.504 e. The third-order valence-electron chi connectivity index (χ3n) is 1.91. The summed E-state index contributed by atoms with van der Waals surface area (Å²) in [6.45, 7) is 3.66. The zero-order valence-electron chi connectivity index (χ0n) is 7.09. The number of aromatic nitrogens is 1. The highest BCUT2D eigenvalue weighted by atomic mass is 35.5. The molecule has 0 aliphatic heterocycles. The summed E-state index contributed by atoms with van der Waals surface area (Å²) in [5.74, 6) is -0.0587. The van der Waals surface area contributed by atoms with E-state index in [1.165, 1.54) is 6.07 Å². The van der Waals surface area contributed by atoms with E-state index in [2.05, 4.69) is 11.9 Å². The fourth-order valence-corrected chi connectivity index (χ4v) is 1.76. The Kier molecular flexibility index (Phi) is 2.25. The lowest BCUT2D eigenvalue weighted by molar-refractivity contribution is 0.480. The van der Waals surface area contributed by atoms with Gasteiger partial charge in [-0.3, -0.25) is 0 Å². The maximum Gasteiger partial charge on any atom is 0.160 e. The van der Waals surface area contributed by atoms with Gasteiger partial charge < -0.3 is 5.11 Å². The average molecular weight is 227 g/mol. The molecule has 2 rings (SSSR count). The fourth-order valence-electron chi connectivity index (χ4n) is 1.24. The predicted octanol–water partition coefficient (Wildman–Crippen LogP) is 3.43. The summed E-state index contributed by atoms with van der Waals surface area (Å²) in [4.78, 5) is 4.07. The molecular weight excluding hydrogens is 221 g/mol. The Labute approximate surface area is 91.1 Å². The molecule has 0 saturated carbocycles. The van der Waals surface area contributed by atoms with E-state index in [1.54, 1.807) is 12.1 Å². The van der Waals surface area contributed by atoms with Crippen LogP contribution in [0.3, 0.4) is 0 Å². The predicted molar refractivity (Wildman–Crippen MR) is 57.9 cm³/mol. The summed E-state index contributed by atoms with van der Waals surface area (Å²) in [6.07, 6.45) is 0. The van der Waals surface area contributed by atoms with Crippen LogP contribution in [-0.2, 0) is 0 Å². The molecular formula is C10H6Cl2NO. The molecule has 4 heteroatoms. The van der Waals surface area contributed by atoms with E-state index in [-0.39, 0.29) is 10.8 Å². The summed E-state index contributed by atoms with van der Waals surface area (Å²) in [5.41, 5.74) is 0.945. The van der Waals surface area contributed by atoms with Crippen LogP contribution in [0.4, 0.5) is 0 Å². The molecule has 0 aliphatic rings. The molecule has 2 nitrogen and oxygen atoms in total. The summed E-state index contributed by atoms with van der Waals surface area (Å²) >= 11 is 11.7. The summed E-state index contributed by atoms with van der Waals surface area (Å²) in [7, 11) is 0. The molecule has 1 aromatic heterocycles. The molecule has 2 aromatic rings. The van der Waals surface area contributed by atoms with Crippen LogP contribution < -0.4 is 0 Å². The van der Waals surface area contributed by atoms with Gasteiger partial charge in [-0.2, -0.15) is 0 Å². The van der Waals surface area contributed by atoms with Crippen molar-refractivity contribution >= 4 is 34.1 Å². The largest absolute Gasteiger partial charge is 0.504 e. The number of aromatic hydroxyl groups is 1. The van der Waals surface area contributed by atoms with Crippen molar-refractivity contribution in [3.8, 4) is 5.75 Å². The Morgan fingerprint density at radius 2 is 1.93 bits per heavy atom. The normalized spacial score (nSPS) is 10.8. The summed E-state index contributed by atoms with van der Waals surface area (Å²) in [6, 6.07) is 4.97. The van der Waals surface area contributed by atoms with E-state index < -0.39 is 0 Å². The van der Waals surface area contributed by atoms with Gasteiger partial charge in [-0.05, 0) is 25.1 Å². The zero-order valence-corrected chi connectivity index (χ0v) is 8.60. The maximum absolute atomic E-state index is 9.63. The number of phenolic OH excluding ortho intramolecular Hbond substituents is 1.